The third-order valence-electron chi connectivity index (χ3n) is 4.99. The highest BCUT2D eigenvalue weighted by Gasteiger charge is 2.24. The van der Waals surface area contributed by atoms with Crippen LogP contribution < -0.4 is 10.0 Å². The molecule has 0 aliphatic carbocycles. The van der Waals surface area contributed by atoms with Crippen molar-refractivity contribution >= 4 is 40.4 Å². The number of carbonyl (C=O) groups is 1. The van der Waals surface area contributed by atoms with E-state index in [1.54, 1.807) is 24.7 Å². The van der Waals surface area contributed by atoms with Crippen LogP contribution in [-0.4, -0.2) is 37.5 Å². The molecule has 0 radical (unpaired) electrons. The quantitative estimate of drug-likeness (QED) is 0.157. The lowest BCUT2D eigenvalue weighted by molar-refractivity contribution is 0.103. The van der Waals surface area contributed by atoms with Crippen LogP contribution in [0.2, 0.25) is 0 Å². The zero-order chi connectivity index (χ0) is 24.2. The number of aromatic amines is 1. The molecule has 0 saturated carbocycles. The third-order valence-corrected chi connectivity index (χ3v) is 5.96. The average Bonchev–Trinajstić information content (AvgIpc) is 3.24. The van der Waals surface area contributed by atoms with Gasteiger partial charge in [0.25, 0.3) is 0 Å². The minimum Gasteiger partial charge on any atom is -0.352 e. The number of nitrogens with zero attached hydrogens (tertiary/aromatic N) is 3. The Kier molecular flexibility index (Phi) is 7.06. The van der Waals surface area contributed by atoms with Crippen LogP contribution in [0.15, 0.2) is 43.0 Å². The molecular weight excluding hydrogens is 458 g/mol. The Morgan fingerprint density at radius 2 is 1.85 bits per heavy atom. The number of hydrogen-bond acceptors (Lipinski definition) is 7. The second kappa shape index (κ2) is 10.2. The van der Waals surface area contributed by atoms with E-state index in [4.69, 9.17) is 0 Å². The molecule has 7 nitrogen and oxygen atoms in total. The van der Waals surface area contributed by atoms with Crippen LogP contribution in [0.3, 0.4) is 0 Å². The summed E-state index contributed by atoms with van der Waals surface area (Å²) in [6, 6.07) is 4.30. The van der Waals surface area contributed by atoms with Crippen molar-refractivity contribution in [3.8, 4) is 11.1 Å². The largest absolute Gasteiger partial charge is 0.352 e. The summed E-state index contributed by atoms with van der Waals surface area (Å²) in [6.07, 6.45) is 7.23. The molecule has 3 aromatic heterocycles. The SMILES string of the molecule is CCCSNc1ccc(F)c(C(=O)c2c[nH]c3ncc(-c4cnc(NC(C)C)nc4)cc23)c1F. The molecule has 1 aromatic carbocycles. The maximum atomic E-state index is 15.1. The first-order valence-electron chi connectivity index (χ1n) is 10.9. The molecule has 4 aromatic rings. The summed E-state index contributed by atoms with van der Waals surface area (Å²) in [5, 5.41) is 3.57. The fraction of sp³-hybridized carbons (Fsp3) is 0.250. The lowest BCUT2D eigenvalue weighted by Gasteiger charge is -2.10. The molecule has 4 rings (SSSR count). The van der Waals surface area contributed by atoms with E-state index in [0.717, 1.165) is 18.2 Å². The van der Waals surface area contributed by atoms with Gasteiger partial charge in [0.1, 0.15) is 11.5 Å². The summed E-state index contributed by atoms with van der Waals surface area (Å²) >= 11 is 1.29. The number of aromatic nitrogens is 4. The Balaban J connectivity index is 1.69. The maximum absolute atomic E-state index is 15.1. The van der Waals surface area contributed by atoms with Gasteiger partial charge in [-0.05, 0) is 38.5 Å². The summed E-state index contributed by atoms with van der Waals surface area (Å²) < 4.78 is 32.5. The molecule has 10 heteroatoms. The first-order valence-corrected chi connectivity index (χ1v) is 11.8. The highest BCUT2D eigenvalue weighted by Crippen LogP contribution is 2.30. The van der Waals surface area contributed by atoms with Gasteiger partial charge in [0, 0.05) is 58.7 Å². The van der Waals surface area contributed by atoms with Crippen molar-refractivity contribution < 1.29 is 13.6 Å². The predicted molar refractivity (Wildman–Crippen MR) is 132 cm³/mol. The summed E-state index contributed by atoms with van der Waals surface area (Å²) in [6.45, 7) is 5.97. The van der Waals surface area contributed by atoms with Crippen LogP contribution >= 0.6 is 11.9 Å². The summed E-state index contributed by atoms with van der Waals surface area (Å²) in [5.41, 5.74) is 1.37. The lowest BCUT2D eigenvalue weighted by Crippen LogP contribution is -2.12. The molecule has 0 saturated heterocycles. The van der Waals surface area contributed by atoms with Gasteiger partial charge in [-0.1, -0.05) is 18.9 Å². The maximum Gasteiger partial charge on any atom is 0.222 e. The van der Waals surface area contributed by atoms with Crippen LogP contribution in [0.1, 0.15) is 43.1 Å². The molecule has 34 heavy (non-hydrogen) atoms. The van der Waals surface area contributed by atoms with Gasteiger partial charge in [-0.25, -0.2) is 23.7 Å². The molecule has 0 amide bonds. The molecule has 0 spiro atoms. The first-order chi connectivity index (χ1) is 16.4. The Morgan fingerprint density at radius 1 is 1.12 bits per heavy atom. The summed E-state index contributed by atoms with van der Waals surface area (Å²) in [7, 11) is 0. The van der Waals surface area contributed by atoms with E-state index in [0.29, 0.717) is 28.1 Å². The van der Waals surface area contributed by atoms with Gasteiger partial charge in [-0.2, -0.15) is 0 Å². The van der Waals surface area contributed by atoms with Crippen LogP contribution in [0.25, 0.3) is 22.2 Å². The number of anilines is 2. The summed E-state index contributed by atoms with van der Waals surface area (Å²) in [4.78, 5) is 29.1. The Morgan fingerprint density at radius 3 is 2.56 bits per heavy atom. The zero-order valence-corrected chi connectivity index (χ0v) is 19.8. The van der Waals surface area contributed by atoms with Crippen molar-refractivity contribution in [2.75, 3.05) is 15.8 Å². The molecule has 176 valence electrons. The first kappa shape index (κ1) is 23.6. The fourth-order valence-corrected chi connectivity index (χ4v) is 3.98. The van der Waals surface area contributed by atoms with Gasteiger partial charge < -0.3 is 15.0 Å². The predicted octanol–water partition coefficient (Wildman–Crippen LogP) is 5.82. The molecule has 0 fully saturated rings. The Labute approximate surface area is 200 Å². The number of nitrogens with one attached hydrogen (secondary N) is 3. The number of pyridine rings is 1. The second-order valence-corrected chi connectivity index (χ2v) is 8.88. The molecule has 0 atom stereocenters. The van der Waals surface area contributed by atoms with E-state index in [2.05, 4.69) is 30.0 Å². The van der Waals surface area contributed by atoms with Gasteiger partial charge in [0.15, 0.2) is 5.82 Å². The number of carbonyl (C=O) groups excluding carboxylic acids is 1. The van der Waals surface area contributed by atoms with E-state index in [9.17, 15) is 9.18 Å². The van der Waals surface area contributed by atoms with Crippen LogP contribution in [0, 0.1) is 11.6 Å². The molecule has 0 aliphatic heterocycles. The van der Waals surface area contributed by atoms with Crippen LogP contribution in [0.5, 0.6) is 0 Å². The zero-order valence-electron chi connectivity index (χ0n) is 18.9. The average molecular weight is 483 g/mol. The smallest absolute Gasteiger partial charge is 0.222 e. The standard InChI is InChI=1S/C24H24F2N6OS/c1-4-7-34-32-19-6-5-18(25)20(21(19)26)22(33)17-12-28-23-16(17)8-14(9-27-23)15-10-29-24(30-11-15)31-13(2)3/h5-6,8-13,32H,4,7H2,1-3H3,(H,27,28)(H,29,30,31). The van der Waals surface area contributed by atoms with E-state index >= 15 is 4.39 Å². The molecule has 0 aliphatic rings. The van der Waals surface area contributed by atoms with Crippen LogP contribution in [-0.2, 0) is 0 Å². The van der Waals surface area contributed by atoms with Crippen molar-refractivity contribution in [3.63, 3.8) is 0 Å². The number of H-pyrrole nitrogens is 1. The highest BCUT2D eigenvalue weighted by molar-refractivity contribution is 8.00. The van der Waals surface area contributed by atoms with Crippen molar-refractivity contribution in [1.82, 2.24) is 19.9 Å². The van der Waals surface area contributed by atoms with Gasteiger partial charge in [-0.3, -0.25) is 4.79 Å². The van der Waals surface area contributed by atoms with Crippen molar-refractivity contribution in [1.29, 1.82) is 0 Å². The van der Waals surface area contributed by atoms with Crippen molar-refractivity contribution in [3.05, 3.63) is 65.7 Å². The number of fused-ring (bicyclic) bond motifs is 1. The van der Waals surface area contributed by atoms with Crippen molar-refractivity contribution in [2.45, 2.75) is 33.2 Å². The Hall–Kier alpha value is -3.53. The lowest BCUT2D eigenvalue weighted by atomic mass is 10.0. The monoisotopic (exact) mass is 482 g/mol. The highest BCUT2D eigenvalue weighted by atomic mass is 32.2. The molecule has 0 bridgehead atoms. The van der Waals surface area contributed by atoms with Crippen molar-refractivity contribution in [2.24, 2.45) is 0 Å². The Bertz CT molecular complexity index is 1320. The van der Waals surface area contributed by atoms with E-state index in [-0.39, 0.29) is 17.3 Å². The van der Waals surface area contributed by atoms with E-state index in [1.807, 2.05) is 20.8 Å². The van der Waals surface area contributed by atoms with Gasteiger partial charge >= 0.3 is 0 Å². The second-order valence-electron chi connectivity index (χ2n) is 7.98. The van der Waals surface area contributed by atoms with E-state index in [1.165, 1.54) is 24.2 Å². The molecule has 3 heterocycles. The van der Waals surface area contributed by atoms with Gasteiger partial charge in [-0.15, -0.1) is 0 Å². The number of hydrogen-bond donors (Lipinski definition) is 3. The van der Waals surface area contributed by atoms with Crippen LogP contribution in [0.4, 0.5) is 20.4 Å². The number of rotatable bonds is 9. The molecular formula is C24H24F2N6OS. The topological polar surface area (TPSA) is 95.6 Å². The normalized spacial score (nSPS) is 11.2. The number of halogens is 2. The third kappa shape index (κ3) is 4.86. The minimum absolute atomic E-state index is 0.0640. The van der Waals surface area contributed by atoms with Gasteiger partial charge in [0.2, 0.25) is 11.7 Å². The fourth-order valence-electron chi connectivity index (χ4n) is 3.36. The summed E-state index contributed by atoms with van der Waals surface area (Å²) in [5.74, 6) is -1.36. The molecule has 3 N–H and O–H groups in total. The van der Waals surface area contributed by atoms with E-state index < -0.39 is 23.0 Å². The molecule has 0 unspecified atom stereocenters. The number of ketones is 1. The van der Waals surface area contributed by atoms with Gasteiger partial charge in [0.05, 0.1) is 11.3 Å². The minimum atomic E-state index is -0.923. The number of benzene rings is 1.